The molecule has 2 aromatic rings. The van der Waals surface area contributed by atoms with E-state index in [0.29, 0.717) is 0 Å². The van der Waals surface area contributed by atoms with Crippen molar-refractivity contribution in [2.75, 3.05) is 0 Å². The summed E-state index contributed by atoms with van der Waals surface area (Å²) in [7, 11) is 0. The minimum Gasteiger partial charge on any atom is -0.434 e. The van der Waals surface area contributed by atoms with Gasteiger partial charge >= 0.3 is 5.97 Å². The normalized spacial score (nSPS) is 12.5. The van der Waals surface area contributed by atoms with Gasteiger partial charge in [-0.3, -0.25) is 4.79 Å². The molecule has 2 heteroatoms. The fourth-order valence-electron chi connectivity index (χ4n) is 1.62. The zero-order valence-electron chi connectivity index (χ0n) is 10.2. The zero-order valence-corrected chi connectivity index (χ0v) is 10.2. The van der Waals surface area contributed by atoms with Gasteiger partial charge in [0.1, 0.15) is 6.26 Å². The highest BCUT2D eigenvalue weighted by Gasteiger charge is 1.90. The first-order valence-electron chi connectivity index (χ1n) is 5.75. The van der Waals surface area contributed by atoms with Gasteiger partial charge in [0.05, 0.1) is 0 Å². The molecule has 0 spiro atoms. The maximum absolute atomic E-state index is 10.8. The van der Waals surface area contributed by atoms with Crippen LogP contribution in [0.1, 0.15) is 12.5 Å². The summed E-state index contributed by atoms with van der Waals surface area (Å²) in [5.41, 5.74) is 1.11. The summed E-state index contributed by atoms with van der Waals surface area (Å²) in [5, 5.41) is 1.90. The molecule has 0 saturated carbocycles. The van der Waals surface area contributed by atoms with Gasteiger partial charge in [0, 0.05) is 12.1 Å². The molecule has 0 atom stereocenters. The third kappa shape index (κ3) is 3.32. The Hall–Kier alpha value is -2.35. The molecular weight excluding hydrogens is 224 g/mol. The van der Waals surface area contributed by atoms with Crippen LogP contribution in [0, 0.1) is 0 Å². The first kappa shape index (κ1) is 12.1. The van der Waals surface area contributed by atoms with Crippen LogP contribution < -0.4 is 10.4 Å². The van der Waals surface area contributed by atoms with E-state index in [9.17, 15) is 4.79 Å². The van der Waals surface area contributed by atoms with E-state index in [2.05, 4.69) is 6.08 Å². The Balaban J connectivity index is 2.49. The Labute approximate surface area is 106 Å². The number of ether oxygens (including phenoxy) is 1. The molecule has 0 N–H and O–H groups in total. The van der Waals surface area contributed by atoms with Gasteiger partial charge in [-0.05, 0) is 16.9 Å². The predicted molar refractivity (Wildman–Crippen MR) is 71.9 cm³/mol. The Morgan fingerprint density at radius 1 is 0.944 bits per heavy atom. The van der Waals surface area contributed by atoms with Crippen molar-refractivity contribution < 1.29 is 9.53 Å². The van der Waals surface area contributed by atoms with E-state index in [1.165, 1.54) is 13.2 Å². The molecule has 0 aromatic heterocycles. The van der Waals surface area contributed by atoms with Gasteiger partial charge in [-0.15, -0.1) is 0 Å². The lowest BCUT2D eigenvalue weighted by molar-refractivity contribution is -0.133. The number of hydrogen-bond acceptors (Lipinski definition) is 2. The fraction of sp³-hybridized carbons (Fsp3) is 0.0625. The second-order valence-corrected chi connectivity index (χ2v) is 3.91. The summed E-state index contributed by atoms with van der Waals surface area (Å²) in [5.74, 6) is -0.315. The third-order valence-corrected chi connectivity index (χ3v) is 2.47. The summed E-state index contributed by atoms with van der Waals surface area (Å²) < 4.78 is 4.92. The van der Waals surface area contributed by atoms with Gasteiger partial charge in [-0.2, -0.15) is 0 Å². The van der Waals surface area contributed by atoms with Gasteiger partial charge < -0.3 is 4.74 Å². The molecular formula is C16H14O2. The highest BCUT2D eigenvalue weighted by atomic mass is 16.5. The minimum atomic E-state index is -0.315. The van der Waals surface area contributed by atoms with Crippen molar-refractivity contribution in [1.82, 2.24) is 0 Å². The molecule has 2 nitrogen and oxygen atoms in total. The van der Waals surface area contributed by atoms with Gasteiger partial charge in [-0.25, -0.2) is 0 Å². The van der Waals surface area contributed by atoms with Crippen molar-refractivity contribution in [3.63, 3.8) is 0 Å². The van der Waals surface area contributed by atoms with Crippen molar-refractivity contribution in [3.05, 3.63) is 70.6 Å². The fourth-order valence-corrected chi connectivity index (χ4v) is 1.62. The number of esters is 1. The van der Waals surface area contributed by atoms with Gasteiger partial charge in [0.2, 0.25) is 0 Å². The molecule has 0 radical (unpaired) electrons. The lowest BCUT2D eigenvalue weighted by atomic mass is 10.1. The zero-order chi connectivity index (χ0) is 12.8. The summed E-state index contributed by atoms with van der Waals surface area (Å²) in [6.45, 7) is 1.39. The molecule has 0 unspecified atom stereocenters. The minimum absolute atomic E-state index is 0.315. The average molecular weight is 238 g/mol. The quantitative estimate of drug-likeness (QED) is 0.746. The lowest BCUT2D eigenvalue weighted by Crippen LogP contribution is -2.24. The molecule has 0 aliphatic carbocycles. The molecule has 2 aromatic carbocycles. The number of carbonyl (C=O) groups excluding carboxylic acids is 1. The molecule has 2 rings (SSSR count). The van der Waals surface area contributed by atoms with Crippen LogP contribution in [-0.2, 0) is 9.53 Å². The van der Waals surface area contributed by atoms with E-state index in [-0.39, 0.29) is 5.97 Å². The van der Waals surface area contributed by atoms with E-state index in [0.717, 1.165) is 16.0 Å². The Bertz CT molecular complexity index is 642. The Morgan fingerprint density at radius 2 is 1.56 bits per heavy atom. The molecule has 0 saturated heterocycles. The van der Waals surface area contributed by atoms with Crippen LogP contribution in [0.5, 0.6) is 0 Å². The molecule has 0 amide bonds. The van der Waals surface area contributed by atoms with E-state index < -0.39 is 0 Å². The number of hydrogen-bond donors (Lipinski definition) is 0. The van der Waals surface area contributed by atoms with Gasteiger partial charge in [-0.1, -0.05) is 54.6 Å². The second kappa shape index (κ2) is 5.82. The summed E-state index contributed by atoms with van der Waals surface area (Å²) in [6.07, 6.45) is 3.53. The summed E-state index contributed by atoms with van der Waals surface area (Å²) >= 11 is 0. The van der Waals surface area contributed by atoms with E-state index in [1.807, 2.05) is 54.6 Å². The summed E-state index contributed by atoms with van der Waals surface area (Å²) in [4.78, 5) is 10.8. The molecule has 0 heterocycles. The van der Waals surface area contributed by atoms with Crippen molar-refractivity contribution in [2.24, 2.45) is 0 Å². The Kier molecular flexibility index (Phi) is 3.92. The average Bonchev–Trinajstić information content (AvgIpc) is 2.39. The maximum atomic E-state index is 10.8. The monoisotopic (exact) mass is 238 g/mol. The molecule has 0 fully saturated rings. The van der Waals surface area contributed by atoms with Crippen LogP contribution in [0.2, 0.25) is 0 Å². The van der Waals surface area contributed by atoms with Crippen molar-refractivity contribution in [2.45, 2.75) is 6.92 Å². The molecule has 0 bridgehead atoms. The predicted octanol–water partition coefficient (Wildman–Crippen LogP) is 1.82. The van der Waals surface area contributed by atoms with Crippen LogP contribution in [0.3, 0.4) is 0 Å². The number of benzene rings is 2. The smallest absolute Gasteiger partial charge is 0.307 e. The highest BCUT2D eigenvalue weighted by molar-refractivity contribution is 5.68. The van der Waals surface area contributed by atoms with E-state index >= 15 is 0 Å². The largest absolute Gasteiger partial charge is 0.434 e. The lowest BCUT2D eigenvalue weighted by Gasteiger charge is -1.95. The van der Waals surface area contributed by atoms with Crippen LogP contribution >= 0.6 is 0 Å². The first-order valence-corrected chi connectivity index (χ1v) is 5.75. The SMILES string of the molecule is CC(=O)O/C=c1\cccc\c1=C/c1ccccc1. The second-order valence-electron chi connectivity index (χ2n) is 3.91. The molecule has 90 valence electrons. The Morgan fingerprint density at radius 3 is 2.22 bits per heavy atom. The topological polar surface area (TPSA) is 26.3 Å². The van der Waals surface area contributed by atoms with Crippen molar-refractivity contribution in [1.29, 1.82) is 0 Å². The molecule has 18 heavy (non-hydrogen) atoms. The highest BCUT2D eigenvalue weighted by Crippen LogP contribution is 1.97. The number of rotatable bonds is 2. The standard InChI is InChI=1S/C16H14O2/c1-13(17)18-12-16-10-6-5-9-15(16)11-14-7-3-2-4-8-14/h2-12H,1H3/b15-11+,16-12+. The molecule has 0 aliphatic heterocycles. The van der Waals surface area contributed by atoms with Gasteiger partial charge in [0.15, 0.2) is 0 Å². The van der Waals surface area contributed by atoms with Crippen LogP contribution in [0.4, 0.5) is 0 Å². The van der Waals surface area contributed by atoms with E-state index in [4.69, 9.17) is 4.74 Å². The first-order chi connectivity index (χ1) is 8.75. The third-order valence-electron chi connectivity index (χ3n) is 2.47. The van der Waals surface area contributed by atoms with Crippen molar-refractivity contribution in [3.8, 4) is 0 Å². The van der Waals surface area contributed by atoms with Crippen LogP contribution in [0.15, 0.2) is 54.6 Å². The van der Waals surface area contributed by atoms with E-state index in [1.54, 1.807) is 0 Å². The van der Waals surface area contributed by atoms with Gasteiger partial charge in [0.25, 0.3) is 0 Å². The van der Waals surface area contributed by atoms with Crippen LogP contribution in [-0.4, -0.2) is 5.97 Å². The molecule has 0 aliphatic rings. The maximum Gasteiger partial charge on any atom is 0.307 e. The van der Waals surface area contributed by atoms with Crippen molar-refractivity contribution >= 4 is 18.3 Å². The van der Waals surface area contributed by atoms with Crippen LogP contribution in [0.25, 0.3) is 12.3 Å². The summed E-state index contributed by atoms with van der Waals surface area (Å²) in [6, 6.07) is 17.8. The number of carbonyl (C=O) groups is 1.